The van der Waals surface area contributed by atoms with Crippen LogP contribution >= 0.6 is 0 Å². The molecule has 1 unspecified atom stereocenters. The molecule has 2 aromatic carbocycles. The van der Waals surface area contributed by atoms with Gasteiger partial charge < -0.3 is 14.8 Å². The van der Waals surface area contributed by atoms with Crippen LogP contribution in [0.3, 0.4) is 0 Å². The Morgan fingerprint density at radius 3 is 2.36 bits per heavy atom. The van der Waals surface area contributed by atoms with Gasteiger partial charge in [-0.15, -0.1) is 0 Å². The molecule has 1 N–H and O–H groups in total. The summed E-state index contributed by atoms with van der Waals surface area (Å²) >= 11 is 0. The highest BCUT2D eigenvalue weighted by atomic mass is 16.5. The molecule has 0 aliphatic rings. The maximum absolute atomic E-state index is 12.3. The molecule has 3 rings (SSSR count). The molecular weight excluding hydrogens is 412 g/mol. The Hall–Kier alpha value is -3.34. The number of carbonyl (C=O) groups excluding carboxylic acids is 1. The number of nitrogens with one attached hydrogen (secondary N) is 1. The molecule has 5 heteroatoms. The van der Waals surface area contributed by atoms with Gasteiger partial charge in [-0.05, 0) is 67.0 Å². The van der Waals surface area contributed by atoms with E-state index >= 15 is 0 Å². The van der Waals surface area contributed by atoms with E-state index in [1.807, 2.05) is 55.6 Å². The van der Waals surface area contributed by atoms with Crippen LogP contribution in [-0.2, 0) is 22.4 Å². The summed E-state index contributed by atoms with van der Waals surface area (Å²) in [6.07, 6.45) is 6.46. The minimum atomic E-state index is -0.228. The van der Waals surface area contributed by atoms with E-state index < -0.39 is 0 Å². The van der Waals surface area contributed by atoms with Crippen molar-refractivity contribution in [2.75, 3.05) is 25.1 Å². The number of hydrogen-bond donors (Lipinski definition) is 1. The number of anilines is 1. The van der Waals surface area contributed by atoms with E-state index in [0.717, 1.165) is 37.2 Å². The number of benzene rings is 2. The van der Waals surface area contributed by atoms with Gasteiger partial charge in [0.05, 0.1) is 25.3 Å². The Balaban J connectivity index is 1.52. The molecule has 1 heterocycles. The van der Waals surface area contributed by atoms with E-state index in [0.29, 0.717) is 19.6 Å². The molecule has 5 nitrogen and oxygen atoms in total. The van der Waals surface area contributed by atoms with Crippen molar-refractivity contribution in [3.8, 4) is 5.75 Å². The van der Waals surface area contributed by atoms with E-state index in [1.165, 1.54) is 11.1 Å². The lowest BCUT2D eigenvalue weighted by Crippen LogP contribution is -2.27. The number of nitrogens with zero attached hydrogens (tertiary/aromatic N) is 1. The van der Waals surface area contributed by atoms with Gasteiger partial charge in [-0.2, -0.15) is 0 Å². The number of carbonyl (C=O) groups is 1. The highest BCUT2D eigenvalue weighted by molar-refractivity contribution is 5.70. The Bertz CT molecular complexity index is 961. The van der Waals surface area contributed by atoms with Crippen LogP contribution in [-0.4, -0.2) is 30.7 Å². The molecule has 3 aromatic rings. The molecule has 1 aromatic heterocycles. The topological polar surface area (TPSA) is 60.5 Å². The summed E-state index contributed by atoms with van der Waals surface area (Å²) in [5.41, 5.74) is 3.20. The first-order chi connectivity index (χ1) is 16.1. The molecule has 0 saturated carbocycles. The summed E-state index contributed by atoms with van der Waals surface area (Å²) in [4.78, 5) is 16.4. The molecule has 174 valence electrons. The molecule has 0 fully saturated rings. The van der Waals surface area contributed by atoms with Crippen molar-refractivity contribution in [1.29, 1.82) is 0 Å². The summed E-state index contributed by atoms with van der Waals surface area (Å²) < 4.78 is 11.1. The van der Waals surface area contributed by atoms with Crippen LogP contribution in [0.25, 0.3) is 0 Å². The predicted molar refractivity (Wildman–Crippen MR) is 132 cm³/mol. The highest BCUT2D eigenvalue weighted by Crippen LogP contribution is 2.32. The standard InChI is InChI=1S/C28H34N2O3/c1-3-32-27(31)21-28(2,19-23-9-5-4-6-10-23)20-24-12-14-26(15-13-24)33-18-8-17-30-25-11-7-16-29-22-25/h4-7,9-16,22,30H,3,8,17-21H2,1-2H3. The molecule has 0 amide bonds. The lowest BCUT2D eigenvalue weighted by atomic mass is 9.76. The van der Waals surface area contributed by atoms with Gasteiger partial charge in [0.2, 0.25) is 0 Å². The van der Waals surface area contributed by atoms with Gasteiger partial charge in [-0.1, -0.05) is 49.4 Å². The zero-order chi connectivity index (χ0) is 23.4. The third-order valence-corrected chi connectivity index (χ3v) is 5.48. The van der Waals surface area contributed by atoms with Gasteiger partial charge in [0, 0.05) is 18.9 Å². The molecule has 0 aliphatic carbocycles. The molecule has 0 radical (unpaired) electrons. The Labute approximate surface area is 197 Å². The Morgan fingerprint density at radius 2 is 1.70 bits per heavy atom. The van der Waals surface area contributed by atoms with Gasteiger partial charge in [-0.3, -0.25) is 9.78 Å². The van der Waals surface area contributed by atoms with Crippen LogP contribution in [0.15, 0.2) is 79.1 Å². The number of ether oxygens (including phenoxy) is 2. The molecule has 1 atom stereocenters. The summed E-state index contributed by atoms with van der Waals surface area (Å²) in [6, 6.07) is 22.4. The van der Waals surface area contributed by atoms with Crippen molar-refractivity contribution in [3.63, 3.8) is 0 Å². The minimum Gasteiger partial charge on any atom is -0.494 e. The van der Waals surface area contributed by atoms with E-state index in [2.05, 4.69) is 41.5 Å². The first kappa shape index (κ1) is 24.3. The van der Waals surface area contributed by atoms with Crippen LogP contribution in [0.2, 0.25) is 0 Å². The summed E-state index contributed by atoms with van der Waals surface area (Å²) in [7, 11) is 0. The zero-order valence-electron chi connectivity index (χ0n) is 19.6. The van der Waals surface area contributed by atoms with Crippen molar-refractivity contribution in [2.24, 2.45) is 5.41 Å². The third-order valence-electron chi connectivity index (χ3n) is 5.48. The quantitative estimate of drug-likeness (QED) is 0.269. The summed E-state index contributed by atoms with van der Waals surface area (Å²) in [5, 5.41) is 3.33. The smallest absolute Gasteiger partial charge is 0.306 e. The monoisotopic (exact) mass is 446 g/mol. The van der Waals surface area contributed by atoms with Crippen molar-refractivity contribution < 1.29 is 14.3 Å². The van der Waals surface area contributed by atoms with Crippen molar-refractivity contribution >= 4 is 11.7 Å². The molecule has 33 heavy (non-hydrogen) atoms. The van der Waals surface area contributed by atoms with E-state index in [4.69, 9.17) is 9.47 Å². The lowest BCUT2D eigenvalue weighted by Gasteiger charge is -2.29. The fraction of sp³-hybridized carbons (Fsp3) is 0.357. The normalized spacial score (nSPS) is 12.5. The van der Waals surface area contributed by atoms with Crippen LogP contribution in [0.4, 0.5) is 5.69 Å². The SMILES string of the molecule is CCOC(=O)CC(C)(Cc1ccccc1)Cc1ccc(OCCCNc2cccnc2)cc1. The fourth-order valence-corrected chi connectivity index (χ4v) is 4.00. The molecular formula is C28H34N2O3. The largest absolute Gasteiger partial charge is 0.494 e. The molecule has 0 bridgehead atoms. The number of esters is 1. The number of hydrogen-bond acceptors (Lipinski definition) is 5. The second-order valence-corrected chi connectivity index (χ2v) is 8.65. The third kappa shape index (κ3) is 8.60. The van der Waals surface area contributed by atoms with Crippen LogP contribution in [0.5, 0.6) is 5.75 Å². The predicted octanol–water partition coefficient (Wildman–Crippen LogP) is 5.71. The highest BCUT2D eigenvalue weighted by Gasteiger charge is 2.29. The maximum Gasteiger partial charge on any atom is 0.306 e. The first-order valence-corrected chi connectivity index (χ1v) is 11.6. The zero-order valence-corrected chi connectivity index (χ0v) is 19.6. The fourth-order valence-electron chi connectivity index (χ4n) is 4.00. The van der Waals surface area contributed by atoms with Gasteiger partial charge in [0.15, 0.2) is 0 Å². The second-order valence-electron chi connectivity index (χ2n) is 8.65. The van der Waals surface area contributed by atoms with Crippen LogP contribution in [0.1, 0.15) is 37.8 Å². The summed E-state index contributed by atoms with van der Waals surface area (Å²) in [5.74, 6) is 0.714. The number of aromatic nitrogens is 1. The average Bonchev–Trinajstić information content (AvgIpc) is 2.81. The van der Waals surface area contributed by atoms with Gasteiger partial charge in [-0.25, -0.2) is 0 Å². The average molecular weight is 447 g/mol. The van der Waals surface area contributed by atoms with Gasteiger partial charge >= 0.3 is 5.97 Å². The Morgan fingerprint density at radius 1 is 0.970 bits per heavy atom. The molecule has 0 aliphatic heterocycles. The van der Waals surface area contributed by atoms with Gasteiger partial charge in [0.25, 0.3) is 0 Å². The number of rotatable bonds is 13. The van der Waals surface area contributed by atoms with Crippen molar-refractivity contribution in [3.05, 3.63) is 90.3 Å². The molecule has 0 spiro atoms. The summed E-state index contributed by atoms with van der Waals surface area (Å²) in [6.45, 7) is 5.89. The minimum absolute atomic E-state index is 0.143. The van der Waals surface area contributed by atoms with Gasteiger partial charge in [0.1, 0.15) is 5.75 Å². The Kier molecular flexibility index (Phi) is 9.31. The maximum atomic E-state index is 12.3. The number of pyridine rings is 1. The lowest BCUT2D eigenvalue weighted by molar-refractivity contribution is -0.145. The van der Waals surface area contributed by atoms with Crippen LogP contribution in [0, 0.1) is 5.41 Å². The second kappa shape index (κ2) is 12.6. The van der Waals surface area contributed by atoms with Crippen molar-refractivity contribution in [1.82, 2.24) is 4.98 Å². The van der Waals surface area contributed by atoms with E-state index in [-0.39, 0.29) is 11.4 Å². The first-order valence-electron chi connectivity index (χ1n) is 11.6. The molecule has 0 saturated heterocycles. The van der Waals surface area contributed by atoms with E-state index in [1.54, 1.807) is 6.20 Å². The van der Waals surface area contributed by atoms with Crippen LogP contribution < -0.4 is 10.1 Å². The van der Waals surface area contributed by atoms with Crippen molar-refractivity contribution in [2.45, 2.75) is 39.5 Å². The van der Waals surface area contributed by atoms with E-state index in [9.17, 15) is 4.79 Å².